The van der Waals surface area contributed by atoms with Crippen LogP contribution in [-0.2, 0) is 5.41 Å². The zero-order chi connectivity index (χ0) is 21.8. The molecule has 3 aromatic rings. The number of hydrogen-bond donors (Lipinski definition) is 1. The first-order chi connectivity index (χ1) is 15.3. The highest BCUT2D eigenvalue weighted by Gasteiger charge is 2.37. The van der Waals surface area contributed by atoms with Crippen LogP contribution in [0.15, 0.2) is 84.9 Å². The van der Waals surface area contributed by atoms with Gasteiger partial charge < -0.3 is 5.11 Å². The lowest BCUT2D eigenvalue weighted by atomic mass is 9.66. The van der Waals surface area contributed by atoms with Gasteiger partial charge in [-0.05, 0) is 23.6 Å². The molecule has 0 heterocycles. The maximum Gasteiger partial charge on any atom is 0.120 e. The second-order valence-corrected chi connectivity index (χ2v) is 8.73. The number of unbranched alkanes of at least 4 members (excludes halogenated alkanes) is 8. The number of phenolic OH excluding ortho intramolecular Hbond substituents is 1. The van der Waals surface area contributed by atoms with Crippen molar-refractivity contribution in [1.82, 2.24) is 0 Å². The first-order valence-electron chi connectivity index (χ1n) is 12.2. The zero-order valence-corrected chi connectivity index (χ0v) is 19.1. The van der Waals surface area contributed by atoms with Gasteiger partial charge in [0.25, 0.3) is 0 Å². The van der Waals surface area contributed by atoms with Crippen LogP contribution in [0.5, 0.6) is 5.75 Å². The van der Waals surface area contributed by atoms with Crippen molar-refractivity contribution < 1.29 is 5.11 Å². The molecule has 0 aliphatic rings. The molecule has 3 aromatic carbocycles. The van der Waals surface area contributed by atoms with Crippen LogP contribution in [0, 0.1) is 0 Å². The third-order valence-corrected chi connectivity index (χ3v) is 6.55. The molecule has 0 aliphatic carbocycles. The molecule has 0 atom stereocenters. The predicted octanol–water partition coefficient (Wildman–Crippen LogP) is 8.65. The molecule has 1 nitrogen and oxygen atoms in total. The number of phenols is 1. The van der Waals surface area contributed by atoms with Gasteiger partial charge in [-0.1, -0.05) is 144 Å². The van der Waals surface area contributed by atoms with Crippen LogP contribution in [0.4, 0.5) is 0 Å². The summed E-state index contributed by atoms with van der Waals surface area (Å²) in [5, 5.41) is 10.9. The van der Waals surface area contributed by atoms with E-state index in [1.165, 1.54) is 62.5 Å². The predicted molar refractivity (Wildman–Crippen MR) is 133 cm³/mol. The van der Waals surface area contributed by atoms with E-state index < -0.39 is 0 Å². The van der Waals surface area contributed by atoms with Crippen LogP contribution < -0.4 is 0 Å². The normalized spacial score (nSPS) is 11.5. The van der Waals surface area contributed by atoms with Crippen molar-refractivity contribution in [2.45, 2.75) is 76.5 Å². The first kappa shape index (κ1) is 23.1. The Morgan fingerprint density at radius 2 is 1.00 bits per heavy atom. The molecule has 3 rings (SSSR count). The summed E-state index contributed by atoms with van der Waals surface area (Å²) < 4.78 is 0. The Morgan fingerprint density at radius 1 is 0.548 bits per heavy atom. The minimum atomic E-state index is -0.338. The third-order valence-electron chi connectivity index (χ3n) is 6.55. The van der Waals surface area contributed by atoms with E-state index in [-0.39, 0.29) is 5.41 Å². The van der Waals surface area contributed by atoms with Gasteiger partial charge in [0.15, 0.2) is 0 Å². The number of benzene rings is 3. The lowest BCUT2D eigenvalue weighted by Gasteiger charge is -2.36. The van der Waals surface area contributed by atoms with Crippen LogP contribution in [-0.4, -0.2) is 5.11 Å². The fourth-order valence-electron chi connectivity index (χ4n) is 4.88. The summed E-state index contributed by atoms with van der Waals surface area (Å²) >= 11 is 0. The lowest BCUT2D eigenvalue weighted by Crippen LogP contribution is -2.29. The molecule has 0 bridgehead atoms. The molecule has 1 heteroatoms. The Kier molecular flexibility index (Phi) is 9.21. The maximum atomic E-state index is 10.9. The van der Waals surface area contributed by atoms with E-state index in [0.717, 1.165) is 18.4 Å². The molecule has 0 spiro atoms. The molecule has 0 aromatic heterocycles. The van der Waals surface area contributed by atoms with Crippen LogP contribution in [0.25, 0.3) is 0 Å². The fourth-order valence-corrected chi connectivity index (χ4v) is 4.88. The van der Waals surface area contributed by atoms with Gasteiger partial charge in [0.1, 0.15) is 5.75 Å². The average molecular weight is 415 g/mol. The number of aromatic hydroxyl groups is 1. The molecule has 0 saturated carbocycles. The van der Waals surface area contributed by atoms with E-state index in [0.29, 0.717) is 5.75 Å². The van der Waals surface area contributed by atoms with E-state index in [1.807, 2.05) is 18.2 Å². The van der Waals surface area contributed by atoms with Gasteiger partial charge in [-0.3, -0.25) is 0 Å². The van der Waals surface area contributed by atoms with E-state index in [9.17, 15) is 5.11 Å². The van der Waals surface area contributed by atoms with Gasteiger partial charge in [-0.25, -0.2) is 0 Å². The maximum absolute atomic E-state index is 10.9. The highest BCUT2D eigenvalue weighted by molar-refractivity contribution is 5.54. The van der Waals surface area contributed by atoms with Gasteiger partial charge in [0.2, 0.25) is 0 Å². The van der Waals surface area contributed by atoms with Crippen LogP contribution >= 0.6 is 0 Å². The van der Waals surface area contributed by atoms with Gasteiger partial charge in [-0.15, -0.1) is 0 Å². The van der Waals surface area contributed by atoms with Crippen LogP contribution in [0.2, 0.25) is 0 Å². The smallest absolute Gasteiger partial charge is 0.120 e. The Morgan fingerprint density at radius 3 is 1.52 bits per heavy atom. The van der Waals surface area contributed by atoms with Gasteiger partial charge in [0.05, 0.1) is 0 Å². The summed E-state index contributed by atoms with van der Waals surface area (Å²) in [7, 11) is 0. The van der Waals surface area contributed by atoms with Gasteiger partial charge in [-0.2, -0.15) is 0 Å². The molecule has 0 saturated heterocycles. The molecule has 31 heavy (non-hydrogen) atoms. The molecule has 164 valence electrons. The van der Waals surface area contributed by atoms with Gasteiger partial charge >= 0.3 is 0 Å². The van der Waals surface area contributed by atoms with Crippen molar-refractivity contribution in [2.24, 2.45) is 0 Å². The lowest BCUT2D eigenvalue weighted by molar-refractivity contribution is 0.436. The third kappa shape index (κ3) is 6.00. The van der Waals surface area contributed by atoms with Crippen molar-refractivity contribution in [3.8, 4) is 5.75 Å². The van der Waals surface area contributed by atoms with Crippen molar-refractivity contribution >= 4 is 0 Å². The number of rotatable bonds is 13. The second kappa shape index (κ2) is 12.3. The highest BCUT2D eigenvalue weighted by atomic mass is 16.3. The van der Waals surface area contributed by atoms with E-state index in [4.69, 9.17) is 0 Å². The zero-order valence-electron chi connectivity index (χ0n) is 19.1. The quantitative estimate of drug-likeness (QED) is 0.219. The summed E-state index contributed by atoms with van der Waals surface area (Å²) in [6.07, 6.45) is 12.8. The summed E-state index contributed by atoms with van der Waals surface area (Å²) in [5.74, 6) is 0.381. The molecule has 1 N–H and O–H groups in total. The summed E-state index contributed by atoms with van der Waals surface area (Å²) in [6.45, 7) is 2.27. The molecule has 0 aliphatic heterocycles. The summed E-state index contributed by atoms with van der Waals surface area (Å²) in [6, 6.07) is 29.4. The van der Waals surface area contributed by atoms with Crippen molar-refractivity contribution in [1.29, 1.82) is 0 Å². The number of para-hydroxylation sites is 1. The molecule has 0 fully saturated rings. The van der Waals surface area contributed by atoms with Crippen molar-refractivity contribution in [3.63, 3.8) is 0 Å². The molecular weight excluding hydrogens is 376 g/mol. The SMILES string of the molecule is CCCCCCCCCCCC(c1ccccc1)(c1ccccc1)c1ccccc1O. The van der Waals surface area contributed by atoms with E-state index in [1.54, 1.807) is 0 Å². The second-order valence-electron chi connectivity index (χ2n) is 8.73. The average Bonchev–Trinajstić information content (AvgIpc) is 2.82. The van der Waals surface area contributed by atoms with Crippen molar-refractivity contribution in [2.75, 3.05) is 0 Å². The highest BCUT2D eigenvalue weighted by Crippen LogP contribution is 2.46. The molecule has 0 radical (unpaired) electrons. The minimum Gasteiger partial charge on any atom is -0.508 e. The van der Waals surface area contributed by atoms with Crippen LogP contribution in [0.3, 0.4) is 0 Å². The van der Waals surface area contributed by atoms with Gasteiger partial charge in [0, 0.05) is 11.0 Å². The van der Waals surface area contributed by atoms with Crippen LogP contribution in [0.1, 0.15) is 87.8 Å². The number of hydrogen-bond acceptors (Lipinski definition) is 1. The standard InChI is InChI=1S/C30H38O/c1-2-3-4-5-6-7-8-9-18-25-30(26-19-12-10-13-20-26,27-21-14-11-15-22-27)28-23-16-17-24-29(28)31/h10-17,19-24,31H,2-9,18,25H2,1H3. The van der Waals surface area contributed by atoms with E-state index >= 15 is 0 Å². The first-order valence-corrected chi connectivity index (χ1v) is 12.2. The Bertz CT molecular complexity index is 830. The Labute approximate surface area is 189 Å². The van der Waals surface area contributed by atoms with Crippen molar-refractivity contribution in [3.05, 3.63) is 102 Å². The fraction of sp³-hybridized carbons (Fsp3) is 0.400. The minimum absolute atomic E-state index is 0.338. The Hall–Kier alpha value is -2.54. The Balaban J connectivity index is 1.82. The molecule has 0 unspecified atom stereocenters. The molecule has 0 amide bonds. The molecular formula is C30H38O. The summed E-state index contributed by atoms with van der Waals surface area (Å²) in [5.41, 5.74) is 3.17. The largest absolute Gasteiger partial charge is 0.508 e. The summed E-state index contributed by atoms with van der Waals surface area (Å²) in [4.78, 5) is 0. The topological polar surface area (TPSA) is 20.2 Å². The van der Waals surface area contributed by atoms with E-state index in [2.05, 4.69) is 73.7 Å². The monoisotopic (exact) mass is 414 g/mol.